The van der Waals surface area contributed by atoms with Crippen LogP contribution in [-0.2, 0) is 0 Å². The third-order valence-corrected chi connectivity index (χ3v) is 4.31. The lowest BCUT2D eigenvalue weighted by atomic mass is 10.0. The van der Waals surface area contributed by atoms with Crippen LogP contribution in [0.5, 0.6) is 0 Å². The van der Waals surface area contributed by atoms with Gasteiger partial charge in [0.25, 0.3) is 11.6 Å². The number of aromatic nitrogens is 2. The number of benzene rings is 1. The van der Waals surface area contributed by atoms with Crippen LogP contribution in [0.4, 0.5) is 5.69 Å². The maximum absolute atomic E-state index is 12.7. The van der Waals surface area contributed by atoms with Crippen LogP contribution in [0.3, 0.4) is 0 Å². The summed E-state index contributed by atoms with van der Waals surface area (Å²) in [5, 5.41) is 14.9. The minimum Gasteiger partial charge on any atom is -0.334 e. The molecule has 1 fully saturated rings. The molecule has 0 saturated carbocycles. The van der Waals surface area contributed by atoms with Crippen molar-refractivity contribution in [3.05, 3.63) is 52.3 Å². The molecule has 8 heteroatoms. The molecule has 3 rings (SSSR count). The number of piperidine rings is 1. The van der Waals surface area contributed by atoms with Gasteiger partial charge in [0, 0.05) is 37.5 Å². The molecule has 0 radical (unpaired) electrons. The molecule has 2 aromatic rings. The highest BCUT2D eigenvalue weighted by Crippen LogP contribution is 2.20. The second kappa shape index (κ2) is 6.79. The second-order valence-electron chi connectivity index (χ2n) is 5.83. The van der Waals surface area contributed by atoms with Gasteiger partial charge in [-0.25, -0.2) is 4.68 Å². The molecule has 126 valence electrons. The van der Waals surface area contributed by atoms with Gasteiger partial charge >= 0.3 is 0 Å². The number of carbonyl (C=O) groups is 1. The molecule has 1 unspecified atom stereocenters. The van der Waals surface area contributed by atoms with Crippen molar-refractivity contribution in [2.75, 3.05) is 13.1 Å². The molecular weight excluding hydrogens is 310 g/mol. The Labute approximate surface area is 139 Å². The molecule has 2 N–H and O–H groups in total. The molecule has 2 heterocycles. The fourth-order valence-corrected chi connectivity index (χ4v) is 2.98. The number of nitrogens with zero attached hydrogens (tertiary/aromatic N) is 4. The van der Waals surface area contributed by atoms with Gasteiger partial charge in [-0.2, -0.15) is 5.10 Å². The van der Waals surface area contributed by atoms with Crippen molar-refractivity contribution >= 4 is 11.6 Å². The zero-order valence-corrected chi connectivity index (χ0v) is 13.2. The Hall–Kier alpha value is -2.74. The minimum absolute atomic E-state index is 0.0151. The first-order valence-electron chi connectivity index (χ1n) is 7.90. The first kappa shape index (κ1) is 16.1. The van der Waals surface area contributed by atoms with Gasteiger partial charge in [-0.05, 0) is 31.4 Å². The number of nitro groups is 1. The van der Waals surface area contributed by atoms with Crippen molar-refractivity contribution < 1.29 is 9.72 Å². The fraction of sp³-hybridized carbons (Fsp3) is 0.375. The highest BCUT2D eigenvalue weighted by Gasteiger charge is 2.27. The normalized spacial score (nSPS) is 17.7. The van der Waals surface area contributed by atoms with E-state index in [9.17, 15) is 14.9 Å². The van der Waals surface area contributed by atoms with Crippen LogP contribution in [0.25, 0.3) is 5.69 Å². The van der Waals surface area contributed by atoms with Crippen molar-refractivity contribution in [1.82, 2.24) is 14.7 Å². The number of carbonyl (C=O) groups excluding carboxylic acids is 1. The van der Waals surface area contributed by atoms with Crippen LogP contribution < -0.4 is 5.73 Å². The molecule has 8 nitrogen and oxygen atoms in total. The van der Waals surface area contributed by atoms with E-state index in [0.29, 0.717) is 24.3 Å². The molecule has 1 amide bonds. The van der Waals surface area contributed by atoms with E-state index >= 15 is 0 Å². The largest absolute Gasteiger partial charge is 0.334 e. The SMILES string of the molecule is NCC1CCCCN1C(=O)c1cnn(-c2ccc([N+](=O)[O-])cc2)c1. The topological polar surface area (TPSA) is 107 Å². The van der Waals surface area contributed by atoms with Crippen molar-refractivity contribution in [3.63, 3.8) is 0 Å². The lowest BCUT2D eigenvalue weighted by Gasteiger charge is -2.34. The van der Waals surface area contributed by atoms with E-state index in [-0.39, 0.29) is 17.6 Å². The van der Waals surface area contributed by atoms with Gasteiger partial charge in [-0.1, -0.05) is 0 Å². The summed E-state index contributed by atoms with van der Waals surface area (Å²) >= 11 is 0. The number of nitrogens with two attached hydrogens (primary N) is 1. The van der Waals surface area contributed by atoms with E-state index < -0.39 is 4.92 Å². The number of nitro benzene ring substituents is 1. The molecule has 1 aromatic carbocycles. The van der Waals surface area contributed by atoms with Crippen molar-refractivity contribution in [1.29, 1.82) is 0 Å². The number of hydrogen-bond donors (Lipinski definition) is 1. The number of amides is 1. The highest BCUT2D eigenvalue weighted by atomic mass is 16.6. The van der Waals surface area contributed by atoms with Crippen molar-refractivity contribution in [2.45, 2.75) is 25.3 Å². The third kappa shape index (κ3) is 3.13. The molecule has 0 bridgehead atoms. The van der Waals surface area contributed by atoms with E-state index in [1.165, 1.54) is 18.3 Å². The Balaban J connectivity index is 1.79. The maximum atomic E-state index is 12.7. The van der Waals surface area contributed by atoms with Gasteiger partial charge in [0.2, 0.25) is 0 Å². The van der Waals surface area contributed by atoms with E-state index in [4.69, 9.17) is 5.73 Å². The van der Waals surface area contributed by atoms with Gasteiger partial charge < -0.3 is 10.6 Å². The summed E-state index contributed by atoms with van der Waals surface area (Å²) in [5.74, 6) is -0.0710. The molecule has 1 aliphatic rings. The van der Waals surface area contributed by atoms with Crippen LogP contribution in [-0.4, -0.2) is 44.6 Å². The Kier molecular flexibility index (Phi) is 4.57. The summed E-state index contributed by atoms with van der Waals surface area (Å²) in [4.78, 5) is 24.8. The highest BCUT2D eigenvalue weighted by molar-refractivity contribution is 5.94. The Morgan fingerprint density at radius 2 is 2.08 bits per heavy atom. The van der Waals surface area contributed by atoms with E-state index in [0.717, 1.165) is 19.3 Å². The van der Waals surface area contributed by atoms with Crippen molar-refractivity contribution in [3.8, 4) is 5.69 Å². The van der Waals surface area contributed by atoms with Gasteiger partial charge in [0.1, 0.15) is 0 Å². The Morgan fingerprint density at radius 3 is 2.75 bits per heavy atom. The quantitative estimate of drug-likeness (QED) is 0.679. The number of hydrogen-bond acceptors (Lipinski definition) is 5. The Bertz CT molecular complexity index is 740. The standard InChI is InChI=1S/C16H19N5O3/c17-9-15-3-1-2-8-19(15)16(22)12-10-18-20(11-12)13-4-6-14(7-5-13)21(23)24/h4-7,10-11,15H,1-3,8-9,17H2. The molecule has 1 aromatic heterocycles. The first-order chi connectivity index (χ1) is 11.6. The van der Waals surface area contributed by atoms with Crippen LogP contribution in [0, 0.1) is 10.1 Å². The monoisotopic (exact) mass is 329 g/mol. The zero-order valence-electron chi connectivity index (χ0n) is 13.2. The predicted molar refractivity (Wildman–Crippen MR) is 87.9 cm³/mol. The molecule has 0 spiro atoms. The van der Waals surface area contributed by atoms with Crippen LogP contribution in [0.15, 0.2) is 36.7 Å². The Morgan fingerprint density at radius 1 is 1.33 bits per heavy atom. The summed E-state index contributed by atoms with van der Waals surface area (Å²) in [6.07, 6.45) is 6.17. The van der Waals surface area contributed by atoms with Crippen LogP contribution >= 0.6 is 0 Å². The molecule has 1 atom stereocenters. The lowest BCUT2D eigenvalue weighted by molar-refractivity contribution is -0.384. The van der Waals surface area contributed by atoms with Gasteiger partial charge in [-0.15, -0.1) is 0 Å². The van der Waals surface area contributed by atoms with Crippen LogP contribution in [0.2, 0.25) is 0 Å². The molecule has 0 aliphatic carbocycles. The van der Waals surface area contributed by atoms with Gasteiger partial charge in [0.05, 0.1) is 22.4 Å². The predicted octanol–water partition coefficient (Wildman–Crippen LogP) is 1.73. The van der Waals surface area contributed by atoms with E-state index in [2.05, 4.69) is 5.10 Å². The molecule has 1 aliphatic heterocycles. The minimum atomic E-state index is -0.453. The fourth-order valence-electron chi connectivity index (χ4n) is 2.98. The van der Waals surface area contributed by atoms with Crippen LogP contribution in [0.1, 0.15) is 29.6 Å². The number of likely N-dealkylation sites (tertiary alicyclic amines) is 1. The summed E-state index contributed by atoms with van der Waals surface area (Å²) in [6.45, 7) is 1.17. The van der Waals surface area contributed by atoms with Crippen molar-refractivity contribution in [2.24, 2.45) is 5.73 Å². The maximum Gasteiger partial charge on any atom is 0.269 e. The molecule has 1 saturated heterocycles. The first-order valence-corrected chi connectivity index (χ1v) is 7.90. The summed E-state index contributed by atoms with van der Waals surface area (Å²) in [7, 11) is 0. The number of rotatable bonds is 4. The summed E-state index contributed by atoms with van der Waals surface area (Å²) < 4.78 is 1.54. The third-order valence-electron chi connectivity index (χ3n) is 4.31. The van der Waals surface area contributed by atoms with E-state index in [1.807, 2.05) is 4.90 Å². The smallest absolute Gasteiger partial charge is 0.269 e. The second-order valence-corrected chi connectivity index (χ2v) is 5.83. The van der Waals surface area contributed by atoms with Gasteiger partial charge in [-0.3, -0.25) is 14.9 Å². The number of non-ortho nitro benzene ring substituents is 1. The summed E-state index contributed by atoms with van der Waals surface area (Å²) in [5.41, 5.74) is 6.94. The lowest BCUT2D eigenvalue weighted by Crippen LogP contribution is -2.47. The zero-order chi connectivity index (χ0) is 17.1. The average Bonchev–Trinajstić information content (AvgIpc) is 3.11. The molecular formula is C16H19N5O3. The van der Waals surface area contributed by atoms with Gasteiger partial charge in [0.15, 0.2) is 0 Å². The molecule has 24 heavy (non-hydrogen) atoms. The average molecular weight is 329 g/mol. The summed E-state index contributed by atoms with van der Waals surface area (Å²) in [6, 6.07) is 6.10. The van der Waals surface area contributed by atoms with E-state index in [1.54, 1.807) is 23.0 Å².